The van der Waals surface area contributed by atoms with Crippen molar-refractivity contribution in [1.29, 1.82) is 0 Å². The Morgan fingerprint density at radius 3 is 3.07 bits per heavy atom. The van der Waals surface area contributed by atoms with Crippen LogP contribution in [-0.2, 0) is 13.5 Å². The van der Waals surface area contributed by atoms with Crippen molar-refractivity contribution in [3.63, 3.8) is 0 Å². The van der Waals surface area contributed by atoms with E-state index in [1.807, 2.05) is 0 Å². The average Bonchev–Trinajstić information content (AvgIpc) is 3.19. The summed E-state index contributed by atoms with van der Waals surface area (Å²) in [4.78, 5) is 39.3. The lowest BCUT2D eigenvalue weighted by molar-refractivity contribution is 0.0665. The molecule has 3 aromatic heterocycles. The van der Waals surface area contributed by atoms with Gasteiger partial charge in [0, 0.05) is 45.1 Å². The lowest BCUT2D eigenvalue weighted by atomic mass is 9.94. The Labute approximate surface area is 161 Å². The minimum absolute atomic E-state index is 0.195. The summed E-state index contributed by atoms with van der Waals surface area (Å²) in [5.74, 6) is 0.882. The zero-order valence-corrected chi connectivity index (χ0v) is 15.5. The Kier molecular flexibility index (Phi) is 4.96. The average molecular weight is 380 g/mol. The highest BCUT2D eigenvalue weighted by Crippen LogP contribution is 2.22. The Morgan fingerprint density at radius 1 is 1.36 bits per heavy atom. The molecule has 1 saturated heterocycles. The van der Waals surface area contributed by atoms with E-state index in [0.29, 0.717) is 36.9 Å². The van der Waals surface area contributed by atoms with Crippen LogP contribution in [-0.4, -0.2) is 48.6 Å². The number of carbonyl (C=O) groups is 1. The van der Waals surface area contributed by atoms with E-state index >= 15 is 0 Å². The quantitative estimate of drug-likeness (QED) is 0.672. The smallest absolute Gasteiger partial charge is 0.263 e. The summed E-state index contributed by atoms with van der Waals surface area (Å²) in [5, 5.41) is 3.96. The van der Waals surface area contributed by atoms with Gasteiger partial charge >= 0.3 is 0 Å². The number of carbonyl (C=O) groups excluding carboxylic acids is 1. The van der Waals surface area contributed by atoms with E-state index in [4.69, 9.17) is 4.52 Å². The molecule has 9 heteroatoms. The molecule has 0 N–H and O–H groups in total. The molecular weight excluding hydrogens is 360 g/mol. The molecule has 3 aromatic rings. The number of hydrogen-bond donors (Lipinski definition) is 0. The van der Waals surface area contributed by atoms with E-state index < -0.39 is 0 Å². The minimum atomic E-state index is -0.278. The summed E-state index contributed by atoms with van der Waals surface area (Å²) in [7, 11) is 1.64. The molecule has 1 atom stereocenters. The molecule has 0 spiro atoms. The second kappa shape index (κ2) is 7.71. The van der Waals surface area contributed by atoms with Crippen LogP contribution in [0.4, 0.5) is 0 Å². The molecule has 0 saturated carbocycles. The topological polar surface area (TPSA) is 107 Å². The number of aromatic nitrogens is 5. The molecule has 28 heavy (non-hydrogen) atoms. The molecule has 0 aromatic carbocycles. The van der Waals surface area contributed by atoms with Crippen LogP contribution in [0.1, 0.15) is 29.1 Å². The fourth-order valence-corrected chi connectivity index (χ4v) is 3.45. The fraction of sp³-hybridized carbons (Fsp3) is 0.368. The van der Waals surface area contributed by atoms with Crippen molar-refractivity contribution in [3.8, 4) is 11.5 Å². The molecule has 1 amide bonds. The molecule has 0 aliphatic carbocycles. The van der Waals surface area contributed by atoms with Crippen LogP contribution in [0.25, 0.3) is 11.5 Å². The summed E-state index contributed by atoms with van der Waals surface area (Å²) >= 11 is 0. The van der Waals surface area contributed by atoms with Gasteiger partial charge < -0.3 is 14.0 Å². The molecule has 0 radical (unpaired) electrons. The maximum absolute atomic E-state index is 12.8. The maximum atomic E-state index is 12.8. The van der Waals surface area contributed by atoms with Gasteiger partial charge in [-0.05, 0) is 30.9 Å². The van der Waals surface area contributed by atoms with Crippen LogP contribution in [0.3, 0.4) is 0 Å². The Bertz CT molecular complexity index is 1030. The Hall–Kier alpha value is -3.36. The third-order valence-electron chi connectivity index (χ3n) is 4.88. The standard InChI is InChI=1S/C19H20N6O3/c1-24-8-3-5-14(18(24)26)19(27)25-9-2-4-13(12-25)10-16-22-17(23-28-16)15-11-20-6-7-21-15/h3,5-8,11,13H,2,4,9-10,12H2,1H3/t13-/m1/s1. The van der Waals surface area contributed by atoms with Crippen molar-refractivity contribution in [3.05, 3.63) is 58.7 Å². The summed E-state index contributed by atoms with van der Waals surface area (Å²) in [6.45, 7) is 1.20. The highest BCUT2D eigenvalue weighted by atomic mass is 16.5. The number of amides is 1. The molecule has 4 heterocycles. The van der Waals surface area contributed by atoms with Crippen molar-refractivity contribution in [2.45, 2.75) is 19.3 Å². The van der Waals surface area contributed by atoms with Gasteiger partial charge in [0.25, 0.3) is 11.5 Å². The van der Waals surface area contributed by atoms with Gasteiger partial charge in [-0.15, -0.1) is 0 Å². The largest absolute Gasteiger partial charge is 0.339 e. The third kappa shape index (κ3) is 3.68. The van der Waals surface area contributed by atoms with Crippen LogP contribution in [0.2, 0.25) is 0 Å². The first-order chi connectivity index (χ1) is 13.6. The normalized spacial score (nSPS) is 16.9. The third-order valence-corrected chi connectivity index (χ3v) is 4.88. The SMILES string of the molecule is Cn1cccc(C(=O)N2CCC[C@H](Cc3nc(-c4cnccn4)no3)C2)c1=O. The lowest BCUT2D eigenvalue weighted by Gasteiger charge is -2.32. The van der Waals surface area contributed by atoms with Crippen molar-refractivity contribution in [1.82, 2.24) is 29.6 Å². The molecule has 9 nitrogen and oxygen atoms in total. The predicted molar refractivity (Wildman–Crippen MR) is 99.3 cm³/mol. The van der Waals surface area contributed by atoms with E-state index in [1.165, 1.54) is 4.57 Å². The summed E-state index contributed by atoms with van der Waals surface area (Å²) in [5.41, 5.74) is 0.478. The highest BCUT2D eigenvalue weighted by molar-refractivity contribution is 5.93. The monoisotopic (exact) mass is 380 g/mol. The number of rotatable bonds is 4. The molecule has 0 unspecified atom stereocenters. The van der Waals surface area contributed by atoms with Gasteiger partial charge in [-0.1, -0.05) is 5.16 Å². The van der Waals surface area contributed by atoms with Gasteiger partial charge in [-0.25, -0.2) is 4.98 Å². The van der Waals surface area contributed by atoms with Crippen molar-refractivity contribution in [2.24, 2.45) is 13.0 Å². The van der Waals surface area contributed by atoms with E-state index in [-0.39, 0.29) is 22.9 Å². The van der Waals surface area contributed by atoms with E-state index in [2.05, 4.69) is 20.1 Å². The first-order valence-corrected chi connectivity index (χ1v) is 9.15. The molecule has 1 fully saturated rings. The van der Waals surface area contributed by atoms with Gasteiger partial charge in [0.2, 0.25) is 11.7 Å². The van der Waals surface area contributed by atoms with Crippen LogP contribution >= 0.6 is 0 Å². The number of nitrogens with zero attached hydrogens (tertiary/aromatic N) is 6. The number of aryl methyl sites for hydroxylation is 1. The van der Waals surface area contributed by atoms with E-state index in [0.717, 1.165) is 12.8 Å². The predicted octanol–water partition coefficient (Wildman–Crippen LogP) is 1.32. The maximum Gasteiger partial charge on any atom is 0.263 e. The Balaban J connectivity index is 1.44. The number of hydrogen-bond acceptors (Lipinski definition) is 7. The lowest BCUT2D eigenvalue weighted by Crippen LogP contribution is -2.42. The van der Waals surface area contributed by atoms with E-state index in [9.17, 15) is 9.59 Å². The fourth-order valence-electron chi connectivity index (χ4n) is 3.45. The molecule has 144 valence electrons. The van der Waals surface area contributed by atoms with Crippen LogP contribution < -0.4 is 5.56 Å². The molecule has 0 bridgehead atoms. The molecular formula is C19H20N6O3. The van der Waals surface area contributed by atoms with Gasteiger partial charge in [-0.3, -0.25) is 14.6 Å². The summed E-state index contributed by atoms with van der Waals surface area (Å²) in [6, 6.07) is 3.29. The number of pyridine rings is 1. The zero-order valence-electron chi connectivity index (χ0n) is 15.5. The molecule has 1 aliphatic heterocycles. The zero-order chi connectivity index (χ0) is 19.5. The van der Waals surface area contributed by atoms with Crippen LogP contribution in [0, 0.1) is 5.92 Å². The first-order valence-electron chi connectivity index (χ1n) is 9.15. The van der Waals surface area contributed by atoms with Gasteiger partial charge in [-0.2, -0.15) is 4.98 Å². The second-order valence-electron chi connectivity index (χ2n) is 6.90. The first kappa shape index (κ1) is 18.0. The highest BCUT2D eigenvalue weighted by Gasteiger charge is 2.27. The molecule has 1 aliphatic rings. The van der Waals surface area contributed by atoms with Crippen LogP contribution in [0.15, 0.2) is 46.2 Å². The van der Waals surface area contributed by atoms with Crippen LogP contribution in [0.5, 0.6) is 0 Å². The summed E-state index contributed by atoms with van der Waals surface area (Å²) in [6.07, 6.45) is 8.78. The van der Waals surface area contributed by atoms with E-state index in [1.54, 1.807) is 48.9 Å². The van der Waals surface area contributed by atoms with Gasteiger partial charge in [0.15, 0.2) is 0 Å². The van der Waals surface area contributed by atoms with Crippen molar-refractivity contribution >= 4 is 5.91 Å². The van der Waals surface area contributed by atoms with Gasteiger partial charge in [0.1, 0.15) is 11.3 Å². The van der Waals surface area contributed by atoms with Crippen molar-refractivity contribution < 1.29 is 9.32 Å². The molecule has 4 rings (SSSR count). The Morgan fingerprint density at radius 2 is 2.25 bits per heavy atom. The van der Waals surface area contributed by atoms with Gasteiger partial charge in [0.05, 0.1) is 6.20 Å². The van der Waals surface area contributed by atoms with Crippen molar-refractivity contribution in [2.75, 3.05) is 13.1 Å². The second-order valence-corrected chi connectivity index (χ2v) is 6.90. The minimum Gasteiger partial charge on any atom is -0.339 e. The number of piperidine rings is 1. The number of likely N-dealkylation sites (tertiary alicyclic amines) is 1. The summed E-state index contributed by atoms with van der Waals surface area (Å²) < 4.78 is 6.77.